The zero-order chi connectivity index (χ0) is 17.3. The highest BCUT2D eigenvalue weighted by molar-refractivity contribution is 6.32. The van der Waals surface area contributed by atoms with Gasteiger partial charge in [0.25, 0.3) is 0 Å². The molecule has 0 amide bonds. The topological polar surface area (TPSA) is 67.4 Å². The Kier molecular flexibility index (Phi) is 4.36. The van der Waals surface area contributed by atoms with E-state index in [0.717, 1.165) is 16.1 Å². The molecule has 0 fully saturated rings. The van der Waals surface area contributed by atoms with Gasteiger partial charge in [0.15, 0.2) is 5.75 Å². The number of halogens is 1. The number of phenols is 1. The number of hydrogen-bond acceptors (Lipinski definition) is 4. The highest BCUT2D eigenvalue weighted by atomic mass is 35.5. The molecule has 0 aliphatic rings. The third kappa shape index (κ3) is 3.03. The van der Waals surface area contributed by atoms with Crippen molar-refractivity contribution in [3.8, 4) is 34.3 Å². The van der Waals surface area contributed by atoms with Crippen molar-refractivity contribution in [1.82, 2.24) is 10.2 Å². The van der Waals surface area contributed by atoms with E-state index in [1.807, 2.05) is 26.0 Å². The lowest BCUT2D eigenvalue weighted by Crippen LogP contribution is -1.90. The van der Waals surface area contributed by atoms with Gasteiger partial charge in [0, 0.05) is 16.7 Å². The van der Waals surface area contributed by atoms with Crippen molar-refractivity contribution in [2.45, 2.75) is 13.8 Å². The van der Waals surface area contributed by atoms with Crippen LogP contribution in [0, 0.1) is 13.8 Å². The number of methoxy groups -OCH3 is 1. The minimum absolute atomic E-state index is 0.0758. The molecule has 0 aliphatic heterocycles. The smallest absolute Gasteiger partial charge is 0.173 e. The maximum atomic E-state index is 10.2. The van der Waals surface area contributed by atoms with Gasteiger partial charge in [-0.05, 0) is 49.2 Å². The Balaban J connectivity index is 1.97. The van der Waals surface area contributed by atoms with Gasteiger partial charge in [0.2, 0.25) is 0 Å². The minimum Gasteiger partial charge on any atom is -0.507 e. The summed E-state index contributed by atoms with van der Waals surface area (Å²) in [6, 6.07) is 8.76. The highest BCUT2D eigenvalue weighted by Gasteiger charge is 2.15. The molecule has 0 radical (unpaired) electrons. The summed E-state index contributed by atoms with van der Waals surface area (Å²) >= 11 is 6.19. The Morgan fingerprint density at radius 1 is 1.08 bits per heavy atom. The predicted molar refractivity (Wildman–Crippen MR) is 93.2 cm³/mol. The van der Waals surface area contributed by atoms with Gasteiger partial charge in [-0.1, -0.05) is 11.6 Å². The Labute approximate surface area is 144 Å². The van der Waals surface area contributed by atoms with Crippen molar-refractivity contribution in [3.05, 3.63) is 52.7 Å². The van der Waals surface area contributed by atoms with Crippen LogP contribution in [0.5, 0.6) is 23.0 Å². The first-order valence-corrected chi connectivity index (χ1v) is 7.72. The average molecular weight is 345 g/mol. The number of nitrogens with one attached hydrogen (secondary N) is 1. The second kappa shape index (κ2) is 6.45. The van der Waals surface area contributed by atoms with Gasteiger partial charge in [-0.25, -0.2) is 0 Å². The number of phenolic OH excluding ortho intramolecular Hbond substituents is 1. The zero-order valence-electron chi connectivity index (χ0n) is 13.6. The summed E-state index contributed by atoms with van der Waals surface area (Å²) < 4.78 is 11.0. The molecule has 6 heteroatoms. The van der Waals surface area contributed by atoms with Gasteiger partial charge in [-0.2, -0.15) is 5.10 Å². The van der Waals surface area contributed by atoms with Gasteiger partial charge in [-0.3, -0.25) is 5.10 Å². The summed E-state index contributed by atoms with van der Waals surface area (Å²) in [5.74, 6) is 1.82. The van der Waals surface area contributed by atoms with Crippen LogP contribution in [0.1, 0.15) is 11.1 Å². The summed E-state index contributed by atoms with van der Waals surface area (Å²) in [4.78, 5) is 0. The van der Waals surface area contributed by atoms with E-state index in [4.69, 9.17) is 21.1 Å². The molecule has 24 heavy (non-hydrogen) atoms. The molecule has 0 spiro atoms. The first kappa shape index (κ1) is 16.2. The van der Waals surface area contributed by atoms with E-state index in [-0.39, 0.29) is 5.75 Å². The molecular weight excluding hydrogens is 328 g/mol. The van der Waals surface area contributed by atoms with Crippen LogP contribution >= 0.6 is 11.6 Å². The van der Waals surface area contributed by atoms with Crippen molar-refractivity contribution in [1.29, 1.82) is 0 Å². The first-order valence-electron chi connectivity index (χ1n) is 7.35. The number of aromatic amines is 1. The van der Waals surface area contributed by atoms with Crippen molar-refractivity contribution >= 4 is 11.6 Å². The molecule has 3 aromatic rings. The molecule has 124 valence electrons. The van der Waals surface area contributed by atoms with Gasteiger partial charge in [0.05, 0.1) is 13.3 Å². The second-order valence-corrected chi connectivity index (χ2v) is 5.84. The molecule has 0 atom stereocenters. The molecule has 5 nitrogen and oxygen atoms in total. The summed E-state index contributed by atoms with van der Waals surface area (Å²) in [5, 5.41) is 17.8. The summed E-state index contributed by atoms with van der Waals surface area (Å²) in [7, 11) is 1.55. The number of benzene rings is 2. The fraction of sp³-hybridized carbons (Fsp3) is 0.167. The Morgan fingerprint density at radius 2 is 1.79 bits per heavy atom. The molecule has 3 rings (SSSR count). The molecule has 0 aliphatic carbocycles. The largest absolute Gasteiger partial charge is 0.507 e. The van der Waals surface area contributed by atoms with Crippen molar-refractivity contribution in [2.24, 2.45) is 0 Å². The van der Waals surface area contributed by atoms with Crippen molar-refractivity contribution < 1.29 is 14.6 Å². The number of hydrogen-bond donors (Lipinski definition) is 2. The van der Waals surface area contributed by atoms with E-state index < -0.39 is 0 Å². The molecule has 0 unspecified atom stereocenters. The third-order valence-corrected chi connectivity index (χ3v) is 4.31. The molecule has 0 bridgehead atoms. The maximum absolute atomic E-state index is 10.2. The van der Waals surface area contributed by atoms with Crippen LogP contribution in [0.3, 0.4) is 0 Å². The number of rotatable bonds is 4. The van der Waals surface area contributed by atoms with E-state index in [0.29, 0.717) is 28.5 Å². The Morgan fingerprint density at radius 3 is 2.42 bits per heavy atom. The van der Waals surface area contributed by atoms with Gasteiger partial charge in [-0.15, -0.1) is 0 Å². The quantitative estimate of drug-likeness (QED) is 0.709. The number of H-pyrrole nitrogens is 1. The lowest BCUT2D eigenvalue weighted by molar-refractivity contribution is 0.408. The predicted octanol–water partition coefficient (Wildman–Crippen LogP) is 4.85. The molecule has 0 saturated heterocycles. The number of nitrogens with zero attached hydrogens (tertiary/aromatic N) is 1. The SMILES string of the molecule is COc1ccc(-c2[nH]ncc2Oc2cc(C)c(Cl)c(C)c2)c(O)c1. The Hall–Kier alpha value is -2.66. The maximum Gasteiger partial charge on any atom is 0.173 e. The van der Waals surface area contributed by atoms with Crippen LogP contribution in [0.4, 0.5) is 0 Å². The zero-order valence-corrected chi connectivity index (χ0v) is 14.3. The van der Waals surface area contributed by atoms with Gasteiger partial charge < -0.3 is 14.6 Å². The molecule has 1 aromatic heterocycles. The van der Waals surface area contributed by atoms with Gasteiger partial charge in [0.1, 0.15) is 22.9 Å². The van der Waals surface area contributed by atoms with Crippen molar-refractivity contribution in [3.63, 3.8) is 0 Å². The Bertz CT molecular complexity index is 867. The third-order valence-electron chi connectivity index (χ3n) is 3.72. The first-order chi connectivity index (χ1) is 11.5. The van der Waals surface area contributed by atoms with Crippen LogP contribution in [-0.4, -0.2) is 22.4 Å². The van der Waals surface area contributed by atoms with Crippen LogP contribution in [-0.2, 0) is 0 Å². The summed E-state index contributed by atoms with van der Waals surface area (Å²) in [6.07, 6.45) is 1.57. The minimum atomic E-state index is 0.0758. The van der Waals surface area contributed by atoms with E-state index in [1.54, 1.807) is 25.4 Å². The molecule has 0 saturated carbocycles. The normalized spacial score (nSPS) is 10.7. The van der Waals surface area contributed by atoms with Crippen LogP contribution < -0.4 is 9.47 Å². The average Bonchev–Trinajstić information content (AvgIpc) is 3.00. The number of ether oxygens (including phenoxy) is 2. The second-order valence-electron chi connectivity index (χ2n) is 5.47. The lowest BCUT2D eigenvalue weighted by Gasteiger charge is -2.11. The fourth-order valence-corrected chi connectivity index (χ4v) is 2.60. The van der Waals surface area contributed by atoms with Crippen LogP contribution in [0.15, 0.2) is 36.5 Å². The lowest BCUT2D eigenvalue weighted by atomic mass is 10.1. The van der Waals surface area contributed by atoms with E-state index in [9.17, 15) is 5.11 Å². The highest BCUT2D eigenvalue weighted by Crippen LogP contribution is 2.38. The molecular formula is C18H17ClN2O3. The van der Waals surface area contributed by atoms with Gasteiger partial charge >= 0.3 is 0 Å². The number of aryl methyl sites for hydroxylation is 2. The van der Waals surface area contributed by atoms with E-state index in [1.165, 1.54) is 6.07 Å². The summed E-state index contributed by atoms with van der Waals surface area (Å²) in [5.41, 5.74) is 3.03. The van der Waals surface area contributed by atoms with Crippen LogP contribution in [0.25, 0.3) is 11.3 Å². The summed E-state index contributed by atoms with van der Waals surface area (Å²) in [6.45, 7) is 3.85. The van der Waals surface area contributed by atoms with Crippen molar-refractivity contribution in [2.75, 3.05) is 7.11 Å². The number of aromatic nitrogens is 2. The molecule has 2 N–H and O–H groups in total. The van der Waals surface area contributed by atoms with E-state index in [2.05, 4.69) is 10.2 Å². The fourth-order valence-electron chi connectivity index (χ4n) is 2.49. The monoisotopic (exact) mass is 344 g/mol. The number of aromatic hydroxyl groups is 1. The molecule has 1 heterocycles. The standard InChI is InChI=1S/C18H17ClN2O3/c1-10-6-13(7-11(2)17(10)19)24-16-9-20-21-18(16)14-5-4-12(23-3)8-15(14)22/h4-9,22H,1-3H3,(H,20,21). The molecule has 2 aromatic carbocycles. The van der Waals surface area contributed by atoms with Crippen LogP contribution in [0.2, 0.25) is 5.02 Å². The van der Waals surface area contributed by atoms with E-state index >= 15 is 0 Å².